The van der Waals surface area contributed by atoms with Crippen molar-refractivity contribution in [1.29, 1.82) is 0 Å². The zero-order valence-electron chi connectivity index (χ0n) is 19.8. The van der Waals surface area contributed by atoms with Gasteiger partial charge in [0.2, 0.25) is 21.8 Å². The lowest BCUT2D eigenvalue weighted by atomic mass is 10.1. The van der Waals surface area contributed by atoms with Gasteiger partial charge < -0.3 is 10.2 Å². The Bertz CT molecular complexity index is 1100. The number of hydrogen-bond acceptors (Lipinski definition) is 4. The number of rotatable bonds is 11. The number of para-hydroxylation sites is 1. The molecule has 2 atom stereocenters. The molecule has 0 fully saturated rings. The second kappa shape index (κ2) is 12.2. The molecule has 34 heavy (non-hydrogen) atoms. The summed E-state index contributed by atoms with van der Waals surface area (Å²) in [5, 5.41) is 3.06. The molecule has 0 aliphatic rings. The average molecular weight is 512 g/mol. The standard InChI is InChI=1S/C24H31ClFN3O4S/c1-5-17(3)27-24(31)21(6-2)28(15-18-11-13-19(26)14-12-18)23(30)16-29(34(4,32)33)22-10-8-7-9-20(22)25/h7-14,17,21H,5-6,15-16H2,1-4H3,(H,27,31)/t17-,21+/m1/s1. The van der Waals surface area contributed by atoms with Gasteiger partial charge in [0.25, 0.3) is 0 Å². The van der Waals surface area contributed by atoms with Gasteiger partial charge in [-0.1, -0.05) is 49.7 Å². The first-order valence-electron chi connectivity index (χ1n) is 11.0. The van der Waals surface area contributed by atoms with Gasteiger partial charge in [0, 0.05) is 12.6 Å². The molecule has 7 nitrogen and oxygen atoms in total. The summed E-state index contributed by atoms with van der Waals surface area (Å²) in [7, 11) is -3.87. The largest absolute Gasteiger partial charge is 0.352 e. The van der Waals surface area contributed by atoms with Crippen molar-refractivity contribution >= 4 is 39.1 Å². The summed E-state index contributed by atoms with van der Waals surface area (Å²) in [5.74, 6) is -1.35. The zero-order valence-corrected chi connectivity index (χ0v) is 21.4. The van der Waals surface area contributed by atoms with Crippen molar-refractivity contribution in [2.75, 3.05) is 17.1 Å². The van der Waals surface area contributed by atoms with Crippen LogP contribution >= 0.6 is 11.6 Å². The number of carbonyl (C=O) groups is 2. The van der Waals surface area contributed by atoms with Crippen molar-refractivity contribution in [3.05, 3.63) is 64.9 Å². The minimum absolute atomic E-state index is 0.00562. The summed E-state index contributed by atoms with van der Waals surface area (Å²) in [6.07, 6.45) is 2.00. The van der Waals surface area contributed by atoms with Gasteiger partial charge in [0.15, 0.2) is 0 Å². The first kappa shape index (κ1) is 27.6. The summed E-state index contributed by atoms with van der Waals surface area (Å²) in [6.45, 7) is 5.03. The van der Waals surface area contributed by atoms with Crippen molar-refractivity contribution in [1.82, 2.24) is 10.2 Å². The van der Waals surface area contributed by atoms with Crippen molar-refractivity contribution in [3.63, 3.8) is 0 Å². The van der Waals surface area contributed by atoms with E-state index in [0.29, 0.717) is 18.4 Å². The number of anilines is 1. The fourth-order valence-electron chi connectivity index (χ4n) is 3.40. The van der Waals surface area contributed by atoms with Crippen molar-refractivity contribution in [2.45, 2.75) is 52.2 Å². The molecule has 0 radical (unpaired) electrons. The van der Waals surface area contributed by atoms with Gasteiger partial charge in [-0.15, -0.1) is 0 Å². The number of halogens is 2. The lowest BCUT2D eigenvalue weighted by Crippen LogP contribution is -2.53. The lowest BCUT2D eigenvalue weighted by Gasteiger charge is -2.33. The molecule has 0 aromatic heterocycles. The van der Waals surface area contributed by atoms with Gasteiger partial charge in [-0.3, -0.25) is 13.9 Å². The van der Waals surface area contributed by atoms with Crippen LogP contribution in [0.4, 0.5) is 10.1 Å². The molecule has 2 aromatic carbocycles. The van der Waals surface area contributed by atoms with Crippen LogP contribution in [0.1, 0.15) is 39.2 Å². The predicted molar refractivity (Wildman–Crippen MR) is 133 cm³/mol. The lowest BCUT2D eigenvalue weighted by molar-refractivity contribution is -0.140. The Kier molecular flexibility index (Phi) is 9.88. The van der Waals surface area contributed by atoms with Crippen molar-refractivity contribution < 1.29 is 22.4 Å². The van der Waals surface area contributed by atoms with E-state index in [-0.39, 0.29) is 29.2 Å². The van der Waals surface area contributed by atoms with Gasteiger partial charge >= 0.3 is 0 Å². The van der Waals surface area contributed by atoms with E-state index in [1.807, 2.05) is 13.8 Å². The monoisotopic (exact) mass is 511 g/mol. The van der Waals surface area contributed by atoms with Crippen LogP contribution in [-0.4, -0.2) is 50.0 Å². The average Bonchev–Trinajstić information content (AvgIpc) is 2.78. The Labute approximate surface area is 205 Å². The number of nitrogens with zero attached hydrogens (tertiary/aromatic N) is 2. The fraction of sp³-hybridized carbons (Fsp3) is 0.417. The minimum Gasteiger partial charge on any atom is -0.352 e. The third kappa shape index (κ3) is 7.43. The molecule has 0 bridgehead atoms. The summed E-state index contributed by atoms with van der Waals surface area (Å²) < 4.78 is 39.5. The molecule has 2 amide bonds. The molecule has 0 heterocycles. The Morgan fingerprint density at radius 1 is 1.06 bits per heavy atom. The van der Waals surface area contributed by atoms with Gasteiger partial charge in [0.05, 0.1) is 17.0 Å². The molecule has 0 spiro atoms. The third-order valence-electron chi connectivity index (χ3n) is 5.45. The maximum Gasteiger partial charge on any atom is 0.244 e. The molecule has 10 heteroatoms. The Balaban J connectivity index is 2.44. The van der Waals surface area contributed by atoms with E-state index in [1.54, 1.807) is 19.1 Å². The molecular formula is C24H31ClFN3O4S. The van der Waals surface area contributed by atoms with Crippen LogP contribution in [0, 0.1) is 5.82 Å². The normalized spacial score (nSPS) is 13.1. The highest BCUT2D eigenvalue weighted by Crippen LogP contribution is 2.27. The molecule has 0 saturated heterocycles. The molecule has 0 unspecified atom stereocenters. The fourth-order valence-corrected chi connectivity index (χ4v) is 4.55. The maximum atomic E-state index is 13.5. The van der Waals surface area contributed by atoms with E-state index < -0.39 is 34.3 Å². The molecule has 2 aromatic rings. The van der Waals surface area contributed by atoms with E-state index in [4.69, 9.17) is 11.6 Å². The number of benzene rings is 2. The van der Waals surface area contributed by atoms with Gasteiger partial charge in [0.1, 0.15) is 18.4 Å². The van der Waals surface area contributed by atoms with E-state index in [0.717, 1.165) is 10.6 Å². The van der Waals surface area contributed by atoms with E-state index >= 15 is 0 Å². The third-order valence-corrected chi connectivity index (χ3v) is 6.90. The zero-order chi connectivity index (χ0) is 25.5. The van der Waals surface area contributed by atoms with Crippen LogP contribution < -0.4 is 9.62 Å². The molecule has 2 rings (SSSR count). The van der Waals surface area contributed by atoms with Crippen LogP contribution in [0.25, 0.3) is 0 Å². The Morgan fingerprint density at radius 2 is 1.68 bits per heavy atom. The van der Waals surface area contributed by atoms with E-state index in [2.05, 4.69) is 5.32 Å². The minimum atomic E-state index is -3.87. The molecule has 0 aliphatic carbocycles. The van der Waals surface area contributed by atoms with Crippen LogP contribution in [0.15, 0.2) is 48.5 Å². The molecule has 0 aliphatic heterocycles. The molecular weight excluding hydrogens is 481 g/mol. The van der Waals surface area contributed by atoms with Gasteiger partial charge in [-0.2, -0.15) is 0 Å². The molecule has 0 saturated carbocycles. The SMILES string of the molecule is CC[C@@H](C)NC(=O)[C@H](CC)N(Cc1ccc(F)cc1)C(=O)CN(c1ccccc1Cl)S(C)(=O)=O. The first-order valence-corrected chi connectivity index (χ1v) is 13.3. The van der Waals surface area contributed by atoms with E-state index in [9.17, 15) is 22.4 Å². The summed E-state index contributed by atoms with van der Waals surface area (Å²) in [5.41, 5.74) is 0.770. The summed E-state index contributed by atoms with van der Waals surface area (Å²) in [4.78, 5) is 27.9. The van der Waals surface area contributed by atoms with Crippen LogP contribution in [-0.2, 0) is 26.2 Å². The highest BCUT2D eigenvalue weighted by molar-refractivity contribution is 7.92. The number of nitrogens with one attached hydrogen (secondary N) is 1. The van der Waals surface area contributed by atoms with Crippen LogP contribution in [0.2, 0.25) is 5.02 Å². The van der Waals surface area contributed by atoms with Gasteiger partial charge in [-0.05, 0) is 49.6 Å². The highest BCUT2D eigenvalue weighted by Gasteiger charge is 2.32. The Hall–Kier alpha value is -2.65. The smallest absolute Gasteiger partial charge is 0.244 e. The summed E-state index contributed by atoms with van der Waals surface area (Å²) in [6, 6.07) is 11.0. The molecule has 1 N–H and O–H groups in total. The quantitative estimate of drug-likeness (QED) is 0.494. The number of amides is 2. The number of sulfonamides is 1. The topological polar surface area (TPSA) is 86.8 Å². The number of carbonyl (C=O) groups excluding carboxylic acids is 2. The summed E-state index contributed by atoms with van der Waals surface area (Å²) >= 11 is 6.22. The second-order valence-corrected chi connectivity index (χ2v) is 10.4. The van der Waals surface area contributed by atoms with E-state index in [1.165, 1.54) is 41.3 Å². The second-order valence-electron chi connectivity index (χ2n) is 8.11. The van der Waals surface area contributed by atoms with Gasteiger partial charge in [-0.25, -0.2) is 12.8 Å². The first-order chi connectivity index (χ1) is 16.0. The van der Waals surface area contributed by atoms with Crippen LogP contribution in [0.3, 0.4) is 0 Å². The Morgan fingerprint density at radius 3 is 2.21 bits per heavy atom. The predicted octanol–water partition coefficient (Wildman–Crippen LogP) is 3.97. The number of hydrogen-bond donors (Lipinski definition) is 1. The molecule has 186 valence electrons. The van der Waals surface area contributed by atoms with Crippen molar-refractivity contribution in [3.8, 4) is 0 Å². The highest BCUT2D eigenvalue weighted by atomic mass is 35.5. The van der Waals surface area contributed by atoms with Crippen molar-refractivity contribution in [2.24, 2.45) is 0 Å². The maximum absolute atomic E-state index is 13.5. The van der Waals surface area contributed by atoms with Crippen LogP contribution in [0.5, 0.6) is 0 Å².